The maximum absolute atomic E-state index is 13.1. The molecule has 2 amide bonds. The van der Waals surface area contributed by atoms with E-state index in [1.165, 1.54) is 37.0 Å². The second-order valence-electron chi connectivity index (χ2n) is 12.5. The zero-order valence-corrected chi connectivity index (χ0v) is 28.3. The lowest BCUT2D eigenvalue weighted by atomic mass is 9.95. The van der Waals surface area contributed by atoms with Crippen LogP contribution in [0.4, 0.5) is 0 Å². The van der Waals surface area contributed by atoms with Crippen molar-refractivity contribution < 1.29 is 14.3 Å². The average Bonchev–Trinajstić information content (AvgIpc) is 3.58. The van der Waals surface area contributed by atoms with Gasteiger partial charge in [-0.05, 0) is 47.2 Å². The first-order chi connectivity index (χ1) is 22.2. The molecule has 0 aliphatic rings. The normalized spacial score (nSPS) is 12.0. The van der Waals surface area contributed by atoms with Crippen molar-refractivity contribution in [2.45, 2.75) is 77.7 Å². The topological polar surface area (TPSA) is 119 Å². The van der Waals surface area contributed by atoms with Crippen LogP contribution in [0.3, 0.4) is 0 Å². The summed E-state index contributed by atoms with van der Waals surface area (Å²) in [5.41, 5.74) is 9.26. The molecule has 4 aromatic rings. The molecule has 4 N–H and O–H groups in total. The molecule has 2 aromatic heterocycles. The van der Waals surface area contributed by atoms with Crippen molar-refractivity contribution in [1.29, 1.82) is 0 Å². The van der Waals surface area contributed by atoms with E-state index in [4.69, 9.17) is 10.5 Å². The molecule has 0 radical (unpaired) electrons. The molecule has 2 aromatic carbocycles. The minimum Gasteiger partial charge on any atom is -0.494 e. The molecule has 0 bridgehead atoms. The van der Waals surface area contributed by atoms with Gasteiger partial charge in [-0.15, -0.1) is 11.3 Å². The lowest BCUT2D eigenvalue weighted by Gasteiger charge is -2.19. The summed E-state index contributed by atoms with van der Waals surface area (Å²) in [7, 11) is 0. The molecule has 8 nitrogen and oxygen atoms in total. The third-order valence-corrected chi connectivity index (χ3v) is 9.15. The molecule has 0 fully saturated rings. The van der Waals surface area contributed by atoms with Gasteiger partial charge in [0.1, 0.15) is 11.8 Å². The lowest BCUT2D eigenvalue weighted by Crippen LogP contribution is -2.48. The van der Waals surface area contributed by atoms with Gasteiger partial charge in [0, 0.05) is 47.9 Å². The fourth-order valence-corrected chi connectivity index (χ4v) is 5.88. The summed E-state index contributed by atoms with van der Waals surface area (Å²) in [5.74, 6) is 0.947. The summed E-state index contributed by atoms with van der Waals surface area (Å²) in [6, 6.07) is 18.8. The van der Waals surface area contributed by atoms with Crippen LogP contribution in [0.2, 0.25) is 0 Å². The summed E-state index contributed by atoms with van der Waals surface area (Å²) in [6.07, 6.45) is 10.1. The number of nitrogens with zero attached hydrogens (tertiary/aromatic N) is 2. The molecule has 0 saturated heterocycles. The first-order valence-corrected chi connectivity index (χ1v) is 17.0. The molecule has 0 aliphatic carbocycles. The monoisotopic (exact) mass is 641 g/mol. The second-order valence-corrected chi connectivity index (χ2v) is 13.6. The van der Waals surface area contributed by atoms with Gasteiger partial charge in [-0.3, -0.25) is 9.59 Å². The van der Waals surface area contributed by atoms with Crippen LogP contribution in [0.5, 0.6) is 5.75 Å². The maximum Gasteiger partial charge on any atom is 0.262 e. The van der Waals surface area contributed by atoms with E-state index in [9.17, 15) is 9.59 Å². The number of aromatic nitrogens is 2. The van der Waals surface area contributed by atoms with E-state index < -0.39 is 6.04 Å². The standard InChI is InChI=1S/C37H47N5O3S/c1-5-6-7-8-9-22-45-30-16-14-27(15-17-30)29-24-40-34(41-25-29)28-12-10-26(11-13-28)23-31(35(43)39-21-20-38)42-36(44)32-18-19-33(46-32)37(2,3)4/h10-19,24-25,31H,5-9,20-23,38H2,1-4H3,(H,39,43)(H,42,44)/t31-/m0/s1. The van der Waals surface area contributed by atoms with Crippen molar-refractivity contribution in [3.63, 3.8) is 0 Å². The summed E-state index contributed by atoms with van der Waals surface area (Å²) in [6.45, 7) is 9.94. The molecular formula is C37H47N5O3S. The molecule has 0 unspecified atom stereocenters. The van der Waals surface area contributed by atoms with E-state index in [0.717, 1.165) is 45.9 Å². The van der Waals surface area contributed by atoms with Crippen molar-refractivity contribution >= 4 is 23.2 Å². The minimum absolute atomic E-state index is 0.0550. The predicted octanol–water partition coefficient (Wildman–Crippen LogP) is 6.93. The molecule has 0 saturated carbocycles. The number of carbonyl (C=O) groups is 2. The molecule has 46 heavy (non-hydrogen) atoms. The lowest BCUT2D eigenvalue weighted by molar-refractivity contribution is -0.122. The van der Waals surface area contributed by atoms with Gasteiger partial charge in [0.15, 0.2) is 5.82 Å². The van der Waals surface area contributed by atoms with Crippen molar-refractivity contribution in [2.24, 2.45) is 5.73 Å². The number of hydrogen-bond donors (Lipinski definition) is 3. The summed E-state index contributed by atoms with van der Waals surface area (Å²) < 4.78 is 5.89. The number of unbranched alkanes of at least 4 members (excludes halogenated alkanes) is 4. The molecule has 0 spiro atoms. The molecule has 4 rings (SSSR count). The van der Waals surface area contributed by atoms with E-state index in [0.29, 0.717) is 30.2 Å². The summed E-state index contributed by atoms with van der Waals surface area (Å²) in [5, 5.41) is 5.74. The predicted molar refractivity (Wildman–Crippen MR) is 187 cm³/mol. The van der Waals surface area contributed by atoms with Crippen LogP contribution in [0, 0.1) is 0 Å². The zero-order valence-electron chi connectivity index (χ0n) is 27.5. The van der Waals surface area contributed by atoms with Crippen LogP contribution in [0.1, 0.15) is 79.9 Å². The molecule has 0 aliphatic heterocycles. The Bertz CT molecular complexity index is 1530. The third kappa shape index (κ3) is 10.2. The number of hydrogen-bond acceptors (Lipinski definition) is 7. The number of thiophene rings is 1. The Kier molecular flexibility index (Phi) is 12.9. The van der Waals surface area contributed by atoms with Gasteiger partial charge in [0.05, 0.1) is 11.5 Å². The summed E-state index contributed by atoms with van der Waals surface area (Å²) >= 11 is 1.45. The maximum atomic E-state index is 13.1. The largest absolute Gasteiger partial charge is 0.494 e. The highest BCUT2D eigenvalue weighted by molar-refractivity contribution is 7.14. The molecule has 1 atom stereocenters. The Hall–Kier alpha value is -4.08. The van der Waals surface area contributed by atoms with Gasteiger partial charge >= 0.3 is 0 Å². The van der Waals surface area contributed by atoms with Gasteiger partial charge in [0.2, 0.25) is 5.91 Å². The van der Waals surface area contributed by atoms with Crippen molar-refractivity contribution in [3.05, 3.63) is 88.4 Å². The third-order valence-electron chi connectivity index (χ3n) is 7.64. The van der Waals surface area contributed by atoms with Crippen LogP contribution < -0.4 is 21.1 Å². The zero-order chi connectivity index (χ0) is 32.9. The quantitative estimate of drug-likeness (QED) is 0.114. The van der Waals surface area contributed by atoms with Gasteiger partial charge in [0.25, 0.3) is 5.91 Å². The van der Waals surface area contributed by atoms with Gasteiger partial charge < -0.3 is 21.1 Å². The second kappa shape index (κ2) is 17.0. The van der Waals surface area contributed by atoms with Crippen LogP contribution in [-0.4, -0.2) is 47.5 Å². The number of nitrogens with one attached hydrogen (secondary N) is 2. The number of ether oxygens (including phenoxy) is 1. The van der Waals surface area contributed by atoms with Crippen LogP contribution in [-0.2, 0) is 16.6 Å². The Balaban J connectivity index is 1.37. The van der Waals surface area contributed by atoms with Crippen LogP contribution in [0.15, 0.2) is 73.1 Å². The first kappa shape index (κ1) is 34.8. The molecule has 2 heterocycles. The number of benzene rings is 2. The number of rotatable bonds is 16. The van der Waals surface area contributed by atoms with E-state index in [-0.39, 0.29) is 17.2 Å². The highest BCUT2D eigenvalue weighted by Crippen LogP contribution is 2.29. The summed E-state index contributed by atoms with van der Waals surface area (Å²) in [4.78, 5) is 37.0. The average molecular weight is 642 g/mol. The van der Waals surface area contributed by atoms with Crippen LogP contribution >= 0.6 is 11.3 Å². The Morgan fingerprint density at radius 2 is 1.54 bits per heavy atom. The molecular weight excluding hydrogens is 595 g/mol. The number of amides is 2. The van der Waals surface area contributed by atoms with E-state index in [1.807, 2.05) is 73.1 Å². The first-order valence-electron chi connectivity index (χ1n) is 16.2. The van der Waals surface area contributed by atoms with Gasteiger partial charge in [-0.25, -0.2) is 9.97 Å². The number of carbonyl (C=O) groups excluding carboxylic acids is 2. The molecule has 244 valence electrons. The highest BCUT2D eigenvalue weighted by Gasteiger charge is 2.24. The van der Waals surface area contributed by atoms with E-state index in [1.54, 1.807) is 0 Å². The Morgan fingerprint density at radius 3 is 2.17 bits per heavy atom. The molecule has 9 heteroatoms. The van der Waals surface area contributed by atoms with Crippen molar-refractivity contribution in [3.8, 4) is 28.3 Å². The Morgan fingerprint density at radius 1 is 0.870 bits per heavy atom. The fourth-order valence-electron chi connectivity index (χ4n) is 4.91. The number of nitrogens with two attached hydrogens (primary N) is 1. The smallest absolute Gasteiger partial charge is 0.262 e. The van der Waals surface area contributed by atoms with Gasteiger partial charge in [-0.1, -0.05) is 89.8 Å². The van der Waals surface area contributed by atoms with Gasteiger partial charge in [-0.2, -0.15) is 0 Å². The fraction of sp³-hybridized carbons (Fsp3) is 0.405. The van der Waals surface area contributed by atoms with Crippen molar-refractivity contribution in [1.82, 2.24) is 20.6 Å². The minimum atomic E-state index is -0.747. The SMILES string of the molecule is CCCCCCCOc1ccc(-c2cnc(-c3ccc(C[C@H](NC(=O)c4ccc(C(C)(C)C)s4)C(=O)NCCN)cc3)nc2)cc1. The highest BCUT2D eigenvalue weighted by atomic mass is 32.1. The van der Waals surface area contributed by atoms with Crippen molar-refractivity contribution in [2.75, 3.05) is 19.7 Å². The Labute approximate surface area is 277 Å². The van der Waals surface area contributed by atoms with E-state index >= 15 is 0 Å². The van der Waals surface area contributed by atoms with Crippen LogP contribution in [0.25, 0.3) is 22.5 Å². The van der Waals surface area contributed by atoms with E-state index in [2.05, 4.69) is 48.3 Å².